The molecule has 0 aliphatic rings. The number of aryl methyl sites for hydroxylation is 1. The number of nitrogens with zero attached hydrogens (tertiary/aromatic N) is 6. The van der Waals surface area contributed by atoms with E-state index in [0.717, 1.165) is 39.1 Å². The summed E-state index contributed by atoms with van der Waals surface area (Å²) in [6.07, 6.45) is 3.99. The van der Waals surface area contributed by atoms with Gasteiger partial charge in [-0.05, 0) is 42.7 Å². The van der Waals surface area contributed by atoms with E-state index < -0.39 is 0 Å². The van der Waals surface area contributed by atoms with E-state index in [1.165, 1.54) is 0 Å². The molecule has 4 aromatic heterocycles. The van der Waals surface area contributed by atoms with Crippen LogP contribution in [0, 0.1) is 18.3 Å². The maximum absolute atomic E-state index is 9.54. The number of hydrogen-bond acceptors (Lipinski definition) is 7. The first kappa shape index (κ1) is 21.5. The standard InChI is InChI=1S/C24H22N8O2/c1-14-23(19(10-25)31-29-14)24-15(7-8-33)4-6-22(28-24)32-13-26-18-9-16(3-5-21(18)32)17-11-27-30-20(17)12-34-2/h3-6,9,11,13,33H,7-8,12H2,1-2H3,(H,27,30)(H,29,31). The zero-order chi connectivity index (χ0) is 23.7. The van der Waals surface area contributed by atoms with Crippen LogP contribution >= 0.6 is 0 Å². The van der Waals surface area contributed by atoms with Gasteiger partial charge < -0.3 is 9.84 Å². The molecule has 0 fully saturated rings. The fourth-order valence-corrected chi connectivity index (χ4v) is 4.13. The van der Waals surface area contributed by atoms with Crippen LogP contribution in [0.5, 0.6) is 0 Å². The van der Waals surface area contributed by atoms with Gasteiger partial charge in [-0.25, -0.2) is 9.97 Å². The molecular weight excluding hydrogens is 432 g/mol. The van der Waals surface area contributed by atoms with Gasteiger partial charge in [0.1, 0.15) is 18.2 Å². The molecule has 170 valence electrons. The van der Waals surface area contributed by atoms with E-state index >= 15 is 0 Å². The van der Waals surface area contributed by atoms with Crippen molar-refractivity contribution in [2.75, 3.05) is 13.7 Å². The topological polar surface area (TPSA) is 141 Å². The minimum atomic E-state index is -0.0251. The fraction of sp³-hybridized carbons (Fsp3) is 0.208. The van der Waals surface area contributed by atoms with Crippen LogP contribution < -0.4 is 0 Å². The summed E-state index contributed by atoms with van der Waals surface area (Å²) in [5.74, 6) is 0.653. The molecule has 34 heavy (non-hydrogen) atoms. The predicted octanol–water partition coefficient (Wildman–Crippen LogP) is 3.06. The molecule has 0 radical (unpaired) electrons. The number of pyridine rings is 1. The molecule has 3 N–H and O–H groups in total. The van der Waals surface area contributed by atoms with Crippen LogP contribution in [0.3, 0.4) is 0 Å². The van der Waals surface area contributed by atoms with E-state index in [2.05, 4.69) is 31.4 Å². The summed E-state index contributed by atoms with van der Waals surface area (Å²) in [5.41, 5.74) is 7.59. The van der Waals surface area contributed by atoms with Crippen LogP contribution in [0.15, 0.2) is 42.9 Å². The maximum Gasteiger partial charge on any atom is 0.171 e. The van der Waals surface area contributed by atoms with Crippen molar-refractivity contribution >= 4 is 11.0 Å². The van der Waals surface area contributed by atoms with Crippen LogP contribution in [-0.2, 0) is 17.8 Å². The van der Waals surface area contributed by atoms with Crippen LogP contribution in [0.2, 0.25) is 0 Å². The van der Waals surface area contributed by atoms with E-state index in [-0.39, 0.29) is 12.3 Å². The van der Waals surface area contributed by atoms with E-state index in [9.17, 15) is 10.4 Å². The number of aromatic nitrogens is 7. The van der Waals surface area contributed by atoms with E-state index in [1.807, 2.05) is 48.0 Å². The number of nitriles is 1. The highest BCUT2D eigenvalue weighted by atomic mass is 16.5. The Labute approximate surface area is 194 Å². The Morgan fingerprint density at radius 3 is 2.88 bits per heavy atom. The number of aromatic amines is 2. The van der Waals surface area contributed by atoms with Crippen molar-refractivity contribution in [2.24, 2.45) is 0 Å². The number of hydrogen-bond donors (Lipinski definition) is 3. The van der Waals surface area contributed by atoms with Gasteiger partial charge in [-0.15, -0.1) is 0 Å². The molecule has 10 nitrogen and oxygen atoms in total. The van der Waals surface area contributed by atoms with Gasteiger partial charge in [0.05, 0.1) is 34.6 Å². The molecule has 0 bridgehead atoms. The number of fused-ring (bicyclic) bond motifs is 1. The number of methoxy groups -OCH3 is 1. The smallest absolute Gasteiger partial charge is 0.171 e. The number of nitrogens with one attached hydrogen (secondary N) is 2. The van der Waals surface area contributed by atoms with Gasteiger partial charge in [0.25, 0.3) is 0 Å². The lowest BCUT2D eigenvalue weighted by Crippen LogP contribution is -2.03. The molecule has 5 aromatic rings. The number of imidazole rings is 1. The number of H-pyrrole nitrogens is 2. The minimum absolute atomic E-state index is 0.0251. The molecule has 1 aromatic carbocycles. The van der Waals surface area contributed by atoms with Crippen LogP contribution in [0.25, 0.3) is 39.2 Å². The van der Waals surface area contributed by atoms with Crippen molar-refractivity contribution in [3.63, 3.8) is 0 Å². The Morgan fingerprint density at radius 2 is 2.09 bits per heavy atom. The van der Waals surface area contributed by atoms with E-state index in [4.69, 9.17) is 9.72 Å². The lowest BCUT2D eigenvalue weighted by molar-refractivity contribution is 0.182. The number of aliphatic hydroxyl groups is 1. The third kappa shape index (κ3) is 3.63. The molecule has 0 atom stereocenters. The van der Waals surface area contributed by atoms with Gasteiger partial charge in [0.15, 0.2) is 5.69 Å². The first-order chi connectivity index (χ1) is 16.6. The Morgan fingerprint density at radius 1 is 1.21 bits per heavy atom. The molecule has 0 unspecified atom stereocenters. The summed E-state index contributed by atoms with van der Waals surface area (Å²) >= 11 is 0. The van der Waals surface area contributed by atoms with Crippen molar-refractivity contribution in [1.29, 1.82) is 5.26 Å². The van der Waals surface area contributed by atoms with Gasteiger partial charge in [0, 0.05) is 31.2 Å². The fourth-order valence-electron chi connectivity index (χ4n) is 4.13. The highest BCUT2D eigenvalue weighted by Crippen LogP contribution is 2.31. The average molecular weight is 454 g/mol. The molecule has 10 heteroatoms. The molecule has 0 aliphatic heterocycles. The van der Waals surface area contributed by atoms with Crippen LogP contribution in [0.1, 0.15) is 22.6 Å². The third-order valence-corrected chi connectivity index (χ3v) is 5.74. The Bertz CT molecular complexity index is 1520. The largest absolute Gasteiger partial charge is 0.396 e. The van der Waals surface area contributed by atoms with Crippen molar-refractivity contribution in [3.05, 3.63) is 65.5 Å². The Hall–Kier alpha value is -4.33. The number of rotatable bonds is 7. The van der Waals surface area contributed by atoms with Crippen molar-refractivity contribution in [2.45, 2.75) is 20.0 Å². The summed E-state index contributed by atoms with van der Waals surface area (Å²) in [6.45, 7) is 2.24. The van der Waals surface area contributed by atoms with Crippen molar-refractivity contribution in [3.8, 4) is 34.3 Å². The summed E-state index contributed by atoms with van der Waals surface area (Å²) in [5, 5.41) is 33.2. The van der Waals surface area contributed by atoms with E-state index in [1.54, 1.807) is 13.4 Å². The van der Waals surface area contributed by atoms with Gasteiger partial charge in [-0.2, -0.15) is 15.5 Å². The number of ether oxygens (including phenoxy) is 1. The van der Waals surface area contributed by atoms with E-state index in [0.29, 0.717) is 30.1 Å². The highest BCUT2D eigenvalue weighted by Gasteiger charge is 2.19. The van der Waals surface area contributed by atoms with Gasteiger partial charge in [-0.3, -0.25) is 14.8 Å². The lowest BCUT2D eigenvalue weighted by atomic mass is 10.0. The summed E-state index contributed by atoms with van der Waals surface area (Å²) < 4.78 is 7.14. The van der Waals surface area contributed by atoms with Gasteiger partial charge in [-0.1, -0.05) is 12.1 Å². The first-order valence-corrected chi connectivity index (χ1v) is 10.7. The normalized spacial score (nSPS) is 11.2. The molecule has 0 aliphatic carbocycles. The second-order valence-corrected chi connectivity index (χ2v) is 7.83. The minimum Gasteiger partial charge on any atom is -0.396 e. The second-order valence-electron chi connectivity index (χ2n) is 7.83. The average Bonchev–Trinajstić information content (AvgIpc) is 3.57. The van der Waals surface area contributed by atoms with Gasteiger partial charge in [0.2, 0.25) is 0 Å². The van der Waals surface area contributed by atoms with Crippen molar-refractivity contribution in [1.82, 2.24) is 34.9 Å². The molecule has 5 rings (SSSR count). The molecule has 0 amide bonds. The molecule has 0 saturated heterocycles. The number of benzene rings is 1. The van der Waals surface area contributed by atoms with Crippen LogP contribution in [0.4, 0.5) is 0 Å². The zero-order valence-electron chi connectivity index (χ0n) is 18.7. The second kappa shape index (κ2) is 8.90. The van der Waals surface area contributed by atoms with Crippen LogP contribution in [-0.4, -0.2) is 53.8 Å². The predicted molar refractivity (Wildman–Crippen MR) is 125 cm³/mol. The summed E-state index contributed by atoms with van der Waals surface area (Å²) in [6, 6.07) is 11.9. The summed E-state index contributed by atoms with van der Waals surface area (Å²) in [4.78, 5) is 9.47. The molecule has 0 saturated carbocycles. The Kier molecular flexibility index (Phi) is 5.63. The maximum atomic E-state index is 9.54. The lowest BCUT2D eigenvalue weighted by Gasteiger charge is -2.11. The van der Waals surface area contributed by atoms with Crippen molar-refractivity contribution < 1.29 is 9.84 Å². The number of aliphatic hydroxyl groups excluding tert-OH is 1. The summed E-state index contributed by atoms with van der Waals surface area (Å²) in [7, 11) is 1.64. The van der Waals surface area contributed by atoms with Gasteiger partial charge >= 0.3 is 0 Å². The monoisotopic (exact) mass is 454 g/mol. The first-order valence-electron chi connectivity index (χ1n) is 10.7. The molecular formula is C24H22N8O2. The third-order valence-electron chi connectivity index (χ3n) is 5.74. The molecule has 4 heterocycles. The zero-order valence-corrected chi connectivity index (χ0v) is 18.7. The Balaban J connectivity index is 1.61. The highest BCUT2D eigenvalue weighted by molar-refractivity contribution is 5.84. The quantitative estimate of drug-likeness (QED) is 0.343. The molecule has 0 spiro atoms. The SMILES string of the molecule is COCc1n[nH]cc1-c1ccc2c(c1)ncn2-c1ccc(CCO)c(-c2c(C#N)n[nH]c2C)n1.